The smallest absolute Gasteiger partial charge is 0.246 e. The molecule has 0 amide bonds. The SMILES string of the molecule is COc1cc(F)c(S(=O)(=O)N2CCCC(CCN)C2)cc1OC. The Morgan fingerprint density at radius 1 is 1.30 bits per heavy atom. The molecule has 1 aliphatic heterocycles. The number of hydrogen-bond donors (Lipinski definition) is 1. The third-order valence-corrected chi connectivity index (χ3v) is 5.99. The van der Waals surface area contributed by atoms with Crippen molar-refractivity contribution in [2.45, 2.75) is 24.2 Å². The van der Waals surface area contributed by atoms with Gasteiger partial charge in [-0.25, -0.2) is 12.8 Å². The van der Waals surface area contributed by atoms with Crippen LogP contribution in [0.4, 0.5) is 4.39 Å². The molecule has 2 rings (SSSR count). The lowest BCUT2D eigenvalue weighted by molar-refractivity contribution is 0.257. The minimum atomic E-state index is -3.92. The summed E-state index contributed by atoms with van der Waals surface area (Å²) >= 11 is 0. The van der Waals surface area contributed by atoms with Gasteiger partial charge < -0.3 is 15.2 Å². The molecular weight excluding hydrogens is 323 g/mol. The maximum absolute atomic E-state index is 14.3. The molecule has 0 aromatic heterocycles. The van der Waals surface area contributed by atoms with Crippen molar-refractivity contribution < 1.29 is 22.3 Å². The van der Waals surface area contributed by atoms with Gasteiger partial charge in [0.2, 0.25) is 10.0 Å². The van der Waals surface area contributed by atoms with Crippen LogP contribution in [0.5, 0.6) is 11.5 Å². The first kappa shape index (κ1) is 18.0. The van der Waals surface area contributed by atoms with Crippen molar-refractivity contribution in [3.63, 3.8) is 0 Å². The molecular formula is C15H23FN2O4S. The molecule has 23 heavy (non-hydrogen) atoms. The number of piperidine rings is 1. The molecule has 130 valence electrons. The Hall–Kier alpha value is -1.38. The van der Waals surface area contributed by atoms with Crippen LogP contribution >= 0.6 is 0 Å². The number of methoxy groups -OCH3 is 2. The molecule has 8 heteroatoms. The summed E-state index contributed by atoms with van der Waals surface area (Å²) in [7, 11) is -1.17. The fourth-order valence-corrected chi connectivity index (χ4v) is 4.50. The predicted octanol–water partition coefficient (Wildman–Crippen LogP) is 1.59. The van der Waals surface area contributed by atoms with E-state index in [0.29, 0.717) is 19.6 Å². The van der Waals surface area contributed by atoms with E-state index in [-0.39, 0.29) is 22.3 Å². The molecule has 1 aromatic carbocycles. The summed E-state index contributed by atoms with van der Waals surface area (Å²) in [5, 5.41) is 0. The van der Waals surface area contributed by atoms with Gasteiger partial charge in [0.25, 0.3) is 0 Å². The van der Waals surface area contributed by atoms with E-state index in [1.165, 1.54) is 24.6 Å². The Morgan fingerprint density at radius 3 is 2.57 bits per heavy atom. The topological polar surface area (TPSA) is 81.9 Å². The van der Waals surface area contributed by atoms with Gasteiger partial charge in [-0.2, -0.15) is 4.31 Å². The number of sulfonamides is 1. The zero-order chi connectivity index (χ0) is 17.0. The highest BCUT2D eigenvalue weighted by molar-refractivity contribution is 7.89. The van der Waals surface area contributed by atoms with Crippen LogP contribution in [0.2, 0.25) is 0 Å². The maximum Gasteiger partial charge on any atom is 0.246 e. The fourth-order valence-electron chi connectivity index (χ4n) is 2.89. The van der Waals surface area contributed by atoms with Crippen molar-refractivity contribution in [2.24, 2.45) is 11.7 Å². The summed E-state index contributed by atoms with van der Waals surface area (Å²) < 4.78 is 51.3. The summed E-state index contributed by atoms with van der Waals surface area (Å²) in [6, 6.07) is 2.21. The Balaban J connectivity index is 2.35. The van der Waals surface area contributed by atoms with Crippen LogP contribution in [-0.4, -0.2) is 46.6 Å². The number of nitrogens with two attached hydrogens (primary N) is 1. The Labute approximate surface area is 136 Å². The van der Waals surface area contributed by atoms with Gasteiger partial charge in [0.1, 0.15) is 10.7 Å². The van der Waals surface area contributed by atoms with Gasteiger partial charge in [-0.15, -0.1) is 0 Å². The molecule has 0 aliphatic carbocycles. The van der Waals surface area contributed by atoms with E-state index in [1.54, 1.807) is 0 Å². The zero-order valence-electron chi connectivity index (χ0n) is 13.4. The summed E-state index contributed by atoms with van der Waals surface area (Å²) in [6.45, 7) is 1.27. The first-order chi connectivity index (χ1) is 10.9. The van der Waals surface area contributed by atoms with Crippen molar-refractivity contribution >= 4 is 10.0 Å². The molecule has 0 bridgehead atoms. The number of ether oxygens (including phenoxy) is 2. The highest BCUT2D eigenvalue weighted by Crippen LogP contribution is 2.34. The van der Waals surface area contributed by atoms with Gasteiger partial charge in [-0.05, 0) is 31.7 Å². The van der Waals surface area contributed by atoms with Crippen molar-refractivity contribution in [3.05, 3.63) is 17.9 Å². The molecule has 1 aliphatic rings. The van der Waals surface area contributed by atoms with Crippen LogP contribution in [0.1, 0.15) is 19.3 Å². The van der Waals surface area contributed by atoms with Crippen LogP contribution in [0, 0.1) is 11.7 Å². The van der Waals surface area contributed by atoms with Gasteiger partial charge in [0.15, 0.2) is 11.5 Å². The fraction of sp³-hybridized carbons (Fsp3) is 0.600. The average molecular weight is 346 g/mol. The predicted molar refractivity (Wildman–Crippen MR) is 84.7 cm³/mol. The van der Waals surface area contributed by atoms with Crippen molar-refractivity contribution in [1.29, 1.82) is 0 Å². The largest absolute Gasteiger partial charge is 0.493 e. The standard InChI is InChI=1S/C15H23FN2O4S/c1-21-13-8-12(16)15(9-14(13)22-2)23(19,20)18-7-3-4-11(10-18)5-6-17/h8-9,11H,3-7,10,17H2,1-2H3. The Kier molecular flexibility index (Phi) is 5.83. The monoisotopic (exact) mass is 346 g/mol. The Bertz CT molecular complexity index is 649. The van der Waals surface area contributed by atoms with Gasteiger partial charge in [0, 0.05) is 25.2 Å². The normalized spacial score (nSPS) is 19.6. The summed E-state index contributed by atoms with van der Waals surface area (Å²) in [5.41, 5.74) is 5.56. The quantitative estimate of drug-likeness (QED) is 0.846. The Morgan fingerprint density at radius 2 is 1.96 bits per heavy atom. The lowest BCUT2D eigenvalue weighted by Crippen LogP contribution is -2.40. The summed E-state index contributed by atoms with van der Waals surface area (Å²) in [6.07, 6.45) is 2.46. The van der Waals surface area contributed by atoms with Crippen LogP contribution in [0.15, 0.2) is 17.0 Å². The molecule has 1 saturated heterocycles. The van der Waals surface area contributed by atoms with Crippen LogP contribution in [0.25, 0.3) is 0 Å². The van der Waals surface area contributed by atoms with Gasteiger partial charge >= 0.3 is 0 Å². The maximum atomic E-state index is 14.3. The van der Waals surface area contributed by atoms with Gasteiger partial charge in [-0.3, -0.25) is 0 Å². The zero-order valence-corrected chi connectivity index (χ0v) is 14.2. The minimum Gasteiger partial charge on any atom is -0.493 e. The average Bonchev–Trinajstić information content (AvgIpc) is 2.54. The van der Waals surface area contributed by atoms with E-state index >= 15 is 0 Å². The molecule has 6 nitrogen and oxygen atoms in total. The van der Waals surface area contributed by atoms with E-state index in [1.807, 2.05) is 0 Å². The molecule has 0 spiro atoms. The number of hydrogen-bond acceptors (Lipinski definition) is 5. The minimum absolute atomic E-state index is 0.156. The van der Waals surface area contributed by atoms with Crippen LogP contribution < -0.4 is 15.2 Å². The van der Waals surface area contributed by atoms with Gasteiger partial charge in [-0.1, -0.05) is 0 Å². The number of benzene rings is 1. The lowest BCUT2D eigenvalue weighted by Gasteiger charge is -2.32. The second kappa shape index (κ2) is 7.46. The molecule has 1 aromatic rings. The number of nitrogens with zero attached hydrogens (tertiary/aromatic N) is 1. The lowest BCUT2D eigenvalue weighted by atomic mass is 9.96. The van der Waals surface area contributed by atoms with Crippen molar-refractivity contribution in [3.8, 4) is 11.5 Å². The second-order valence-electron chi connectivity index (χ2n) is 5.59. The highest BCUT2D eigenvalue weighted by Gasteiger charge is 2.32. The van der Waals surface area contributed by atoms with Gasteiger partial charge in [0.05, 0.1) is 14.2 Å². The summed E-state index contributed by atoms with van der Waals surface area (Å²) in [4.78, 5) is -0.386. The highest BCUT2D eigenvalue weighted by atomic mass is 32.2. The first-order valence-electron chi connectivity index (χ1n) is 7.55. The molecule has 1 atom stereocenters. The molecule has 1 heterocycles. The van der Waals surface area contributed by atoms with E-state index in [9.17, 15) is 12.8 Å². The number of rotatable bonds is 6. The number of halogens is 1. The molecule has 1 unspecified atom stereocenters. The summed E-state index contributed by atoms with van der Waals surface area (Å²) in [5.74, 6) is -0.290. The van der Waals surface area contributed by atoms with Crippen LogP contribution in [0.3, 0.4) is 0 Å². The second-order valence-corrected chi connectivity index (χ2v) is 7.49. The van der Waals surface area contributed by atoms with Crippen molar-refractivity contribution in [1.82, 2.24) is 4.31 Å². The molecule has 1 fully saturated rings. The van der Waals surface area contributed by atoms with Crippen LogP contribution in [-0.2, 0) is 10.0 Å². The molecule has 0 radical (unpaired) electrons. The van der Waals surface area contributed by atoms with E-state index in [0.717, 1.165) is 25.3 Å². The third-order valence-electron chi connectivity index (χ3n) is 4.11. The molecule has 2 N–H and O–H groups in total. The van der Waals surface area contributed by atoms with E-state index in [4.69, 9.17) is 15.2 Å². The van der Waals surface area contributed by atoms with Crippen molar-refractivity contribution in [2.75, 3.05) is 33.9 Å². The first-order valence-corrected chi connectivity index (χ1v) is 8.99. The van der Waals surface area contributed by atoms with E-state index in [2.05, 4.69) is 0 Å². The third kappa shape index (κ3) is 3.76. The van der Waals surface area contributed by atoms with E-state index < -0.39 is 15.8 Å². The molecule has 0 saturated carbocycles.